The molecule has 0 heterocycles. The van der Waals surface area contributed by atoms with Gasteiger partial charge in [-0.3, -0.25) is 4.79 Å². The SMILES string of the molecule is COc1ccc(COC[C@@H](C)[C@@H]2CC(=O)C[C@H]3[C@@H]2C=C(C)C[C@H]3[C@H](CO[Si](C)(C)C(C)(C)C)C(C)C)cc1. The summed E-state index contributed by atoms with van der Waals surface area (Å²) < 4.78 is 18.2. The standard InChI is InChI=1S/C33H54O4Si/c1-22(2)32(21-37-38(9,10)33(5,6)7)30-16-23(3)15-29-28(17-26(34)18-31(29)30)24(4)19-36-20-25-11-13-27(35-8)14-12-25/h11-15,22,24,28-32H,16-21H2,1-10H3/t24-,28+,29-,30-,31+,32-/m1/s1. The minimum Gasteiger partial charge on any atom is -0.497 e. The molecule has 0 N–H and O–H groups in total. The smallest absolute Gasteiger partial charge is 0.191 e. The fraction of sp³-hybridized carbons (Fsp3) is 0.727. The van der Waals surface area contributed by atoms with Gasteiger partial charge in [0, 0.05) is 26.1 Å². The van der Waals surface area contributed by atoms with Crippen molar-refractivity contribution in [2.24, 2.45) is 41.4 Å². The van der Waals surface area contributed by atoms with Crippen molar-refractivity contribution < 1.29 is 18.7 Å². The number of fused-ring (bicyclic) bond motifs is 1. The zero-order chi connectivity index (χ0) is 28.3. The number of benzene rings is 1. The molecule has 1 fully saturated rings. The highest BCUT2D eigenvalue weighted by Crippen LogP contribution is 2.50. The molecule has 0 saturated heterocycles. The summed E-state index contributed by atoms with van der Waals surface area (Å²) in [6, 6.07) is 8.06. The third-order valence-electron chi connectivity index (χ3n) is 9.89. The first-order valence-electron chi connectivity index (χ1n) is 14.8. The largest absolute Gasteiger partial charge is 0.497 e. The van der Waals surface area contributed by atoms with Gasteiger partial charge in [-0.25, -0.2) is 0 Å². The van der Waals surface area contributed by atoms with Crippen LogP contribution in [-0.2, 0) is 20.6 Å². The average molecular weight is 543 g/mol. The monoisotopic (exact) mass is 542 g/mol. The number of ketones is 1. The van der Waals surface area contributed by atoms with Crippen molar-refractivity contribution in [3.05, 3.63) is 41.5 Å². The van der Waals surface area contributed by atoms with Crippen molar-refractivity contribution in [3.63, 3.8) is 0 Å². The van der Waals surface area contributed by atoms with Crippen molar-refractivity contribution in [1.29, 1.82) is 0 Å². The lowest BCUT2D eigenvalue weighted by molar-refractivity contribution is -0.128. The zero-order valence-electron chi connectivity index (χ0n) is 25.8. The summed E-state index contributed by atoms with van der Waals surface area (Å²) in [6.07, 6.45) is 5.01. The molecule has 2 aliphatic rings. The Morgan fingerprint density at radius 2 is 1.63 bits per heavy atom. The second-order valence-corrected chi connectivity index (χ2v) is 18.9. The van der Waals surface area contributed by atoms with E-state index in [-0.39, 0.29) is 5.04 Å². The van der Waals surface area contributed by atoms with E-state index in [1.54, 1.807) is 7.11 Å². The maximum Gasteiger partial charge on any atom is 0.191 e. The van der Waals surface area contributed by atoms with Crippen molar-refractivity contribution in [2.75, 3.05) is 20.3 Å². The Bertz CT molecular complexity index is 943. The van der Waals surface area contributed by atoms with E-state index in [4.69, 9.17) is 13.9 Å². The summed E-state index contributed by atoms with van der Waals surface area (Å²) in [5, 5.41) is 0.201. The number of hydrogen-bond donors (Lipinski definition) is 0. The van der Waals surface area contributed by atoms with E-state index in [9.17, 15) is 4.79 Å². The van der Waals surface area contributed by atoms with Crippen molar-refractivity contribution >= 4 is 14.1 Å². The van der Waals surface area contributed by atoms with Crippen LogP contribution >= 0.6 is 0 Å². The number of hydrogen-bond acceptors (Lipinski definition) is 4. The number of carbonyl (C=O) groups is 1. The van der Waals surface area contributed by atoms with Crippen LogP contribution in [0.1, 0.15) is 73.3 Å². The van der Waals surface area contributed by atoms with E-state index in [0.717, 1.165) is 30.8 Å². The van der Waals surface area contributed by atoms with Crippen LogP contribution in [0.5, 0.6) is 5.75 Å². The summed E-state index contributed by atoms with van der Waals surface area (Å²) in [5.41, 5.74) is 2.63. The molecule has 0 bridgehead atoms. The summed E-state index contributed by atoms with van der Waals surface area (Å²) >= 11 is 0. The lowest BCUT2D eigenvalue weighted by Crippen LogP contribution is -2.47. The number of allylic oxidation sites excluding steroid dienone is 2. The lowest BCUT2D eigenvalue weighted by atomic mass is 9.56. The van der Waals surface area contributed by atoms with E-state index in [0.29, 0.717) is 66.8 Å². The maximum atomic E-state index is 13.2. The molecule has 0 aliphatic heterocycles. The third-order valence-corrected chi connectivity index (χ3v) is 14.4. The number of Topliss-reactive ketones (excluding diaryl/α,β-unsaturated/α-hetero) is 1. The first kappa shape index (κ1) is 31.1. The Hall–Kier alpha value is -1.43. The topological polar surface area (TPSA) is 44.8 Å². The van der Waals surface area contributed by atoms with Gasteiger partial charge in [-0.15, -0.1) is 0 Å². The van der Waals surface area contributed by atoms with E-state index in [1.165, 1.54) is 5.57 Å². The van der Waals surface area contributed by atoms with Gasteiger partial charge >= 0.3 is 0 Å². The van der Waals surface area contributed by atoms with Crippen LogP contribution in [0.2, 0.25) is 18.1 Å². The van der Waals surface area contributed by atoms with Gasteiger partial charge < -0.3 is 13.9 Å². The quantitative estimate of drug-likeness (QED) is 0.208. The number of ether oxygens (including phenoxy) is 2. The van der Waals surface area contributed by atoms with Gasteiger partial charge in [0.1, 0.15) is 11.5 Å². The van der Waals surface area contributed by atoms with Crippen LogP contribution in [0.3, 0.4) is 0 Å². The van der Waals surface area contributed by atoms with Gasteiger partial charge in [0.2, 0.25) is 0 Å². The number of carbonyl (C=O) groups excluding carboxylic acids is 1. The molecule has 214 valence electrons. The van der Waals surface area contributed by atoms with Gasteiger partial charge in [0.05, 0.1) is 13.7 Å². The van der Waals surface area contributed by atoms with E-state index in [2.05, 4.69) is 79.8 Å². The normalized spacial score (nSPS) is 26.1. The molecule has 0 aromatic heterocycles. The van der Waals surface area contributed by atoms with Gasteiger partial charge in [-0.1, -0.05) is 65.3 Å². The molecule has 1 saturated carbocycles. The molecule has 1 aromatic carbocycles. The van der Waals surface area contributed by atoms with E-state index < -0.39 is 8.32 Å². The molecule has 4 nitrogen and oxygen atoms in total. The summed E-state index contributed by atoms with van der Waals surface area (Å²) in [5.74, 6) is 4.29. The fourth-order valence-electron chi connectivity index (χ4n) is 6.39. The Morgan fingerprint density at radius 1 is 0.974 bits per heavy atom. The molecule has 0 amide bonds. The Labute approximate surface area is 234 Å². The fourth-order valence-corrected chi connectivity index (χ4v) is 7.43. The van der Waals surface area contributed by atoms with Crippen LogP contribution in [0.15, 0.2) is 35.9 Å². The maximum absolute atomic E-state index is 13.2. The van der Waals surface area contributed by atoms with Gasteiger partial charge in [-0.2, -0.15) is 0 Å². The molecule has 3 rings (SSSR count). The minimum absolute atomic E-state index is 0.201. The van der Waals surface area contributed by atoms with Crippen molar-refractivity contribution in [3.8, 4) is 5.75 Å². The summed E-state index contributed by atoms with van der Waals surface area (Å²) in [7, 11) is -0.153. The van der Waals surface area contributed by atoms with Gasteiger partial charge in [0.15, 0.2) is 8.32 Å². The highest BCUT2D eigenvalue weighted by Gasteiger charge is 2.47. The van der Waals surface area contributed by atoms with Gasteiger partial charge in [0.25, 0.3) is 0 Å². The van der Waals surface area contributed by atoms with Crippen LogP contribution in [0.25, 0.3) is 0 Å². The first-order valence-corrected chi connectivity index (χ1v) is 17.7. The van der Waals surface area contributed by atoms with E-state index >= 15 is 0 Å². The molecule has 1 aromatic rings. The van der Waals surface area contributed by atoms with Crippen molar-refractivity contribution in [1.82, 2.24) is 0 Å². The highest BCUT2D eigenvalue weighted by molar-refractivity contribution is 6.74. The van der Waals surface area contributed by atoms with Crippen LogP contribution in [-0.4, -0.2) is 34.4 Å². The average Bonchev–Trinajstić information content (AvgIpc) is 2.83. The first-order chi connectivity index (χ1) is 17.7. The zero-order valence-corrected chi connectivity index (χ0v) is 26.8. The van der Waals surface area contributed by atoms with Crippen LogP contribution in [0.4, 0.5) is 0 Å². The molecule has 0 radical (unpaired) electrons. The van der Waals surface area contributed by atoms with E-state index in [1.807, 2.05) is 12.1 Å². The Kier molecular flexibility index (Phi) is 10.5. The summed E-state index contributed by atoms with van der Waals surface area (Å²) in [6.45, 7) is 23.0. The van der Waals surface area contributed by atoms with Crippen LogP contribution < -0.4 is 4.74 Å². The summed E-state index contributed by atoms with van der Waals surface area (Å²) in [4.78, 5) is 13.2. The predicted octanol–water partition coefficient (Wildman–Crippen LogP) is 8.32. The molecule has 0 unspecified atom stereocenters. The predicted molar refractivity (Wildman–Crippen MR) is 160 cm³/mol. The third kappa shape index (κ3) is 7.60. The highest BCUT2D eigenvalue weighted by atomic mass is 28.4. The number of rotatable bonds is 11. The Balaban J connectivity index is 1.72. The molecular formula is C33H54O4Si. The van der Waals surface area contributed by atoms with Crippen molar-refractivity contribution in [2.45, 2.75) is 92.5 Å². The molecule has 38 heavy (non-hydrogen) atoms. The molecular weight excluding hydrogens is 488 g/mol. The molecule has 6 atom stereocenters. The molecule has 0 spiro atoms. The molecule has 2 aliphatic carbocycles. The minimum atomic E-state index is -1.84. The number of methoxy groups -OCH3 is 1. The van der Waals surface area contributed by atoms with Gasteiger partial charge in [-0.05, 0) is 90.6 Å². The Morgan fingerprint density at radius 3 is 2.21 bits per heavy atom. The second-order valence-electron chi connectivity index (χ2n) is 14.1. The molecule has 5 heteroatoms. The van der Waals surface area contributed by atoms with Crippen LogP contribution in [0, 0.1) is 41.4 Å². The lowest BCUT2D eigenvalue weighted by Gasteiger charge is -2.49. The second kappa shape index (κ2) is 12.8.